The fraction of sp³-hybridized carbons (Fsp3) is 0.250. The Morgan fingerprint density at radius 3 is 2.08 bits per heavy atom. The molecule has 25 heavy (non-hydrogen) atoms. The molecule has 2 N–H and O–H groups in total. The fourth-order valence-electron chi connectivity index (χ4n) is 2.04. The molecule has 0 aromatic heterocycles. The lowest BCUT2D eigenvalue weighted by molar-refractivity contribution is -0.134. The number of benzene rings is 1. The van der Waals surface area contributed by atoms with E-state index in [2.05, 4.69) is 10.6 Å². The molecule has 1 fully saturated rings. The van der Waals surface area contributed by atoms with Crippen molar-refractivity contribution in [1.82, 2.24) is 10.6 Å². The van der Waals surface area contributed by atoms with Crippen LogP contribution in [0.2, 0.25) is 0 Å². The Morgan fingerprint density at radius 1 is 1.12 bits per heavy atom. The molecule has 0 radical (unpaired) electrons. The lowest BCUT2D eigenvalue weighted by Crippen LogP contribution is -2.51. The number of carbonyl (C=O) groups is 3. The Labute approximate surface area is 149 Å². The minimum atomic E-state index is -0.617. The van der Waals surface area contributed by atoms with Gasteiger partial charge in [0.15, 0.2) is 16.6 Å². The summed E-state index contributed by atoms with van der Waals surface area (Å²) < 4.78 is 15.7. The molecule has 0 spiro atoms. The van der Waals surface area contributed by atoms with Crippen molar-refractivity contribution < 1.29 is 28.6 Å². The van der Waals surface area contributed by atoms with Gasteiger partial charge in [-0.25, -0.2) is 0 Å². The lowest BCUT2D eigenvalue weighted by Gasteiger charge is -2.17. The zero-order chi connectivity index (χ0) is 18.6. The minimum absolute atomic E-state index is 0.0517. The first-order valence-electron chi connectivity index (χ1n) is 7.24. The molecule has 1 aromatic carbocycles. The van der Waals surface area contributed by atoms with E-state index in [9.17, 15) is 14.4 Å². The summed E-state index contributed by atoms with van der Waals surface area (Å²) in [6.45, 7) is 1.66. The number of hydrogen-bond acceptors (Lipinski definition) is 7. The van der Waals surface area contributed by atoms with Gasteiger partial charge in [0.2, 0.25) is 5.75 Å². The predicted octanol–water partition coefficient (Wildman–Crippen LogP) is 0.933. The van der Waals surface area contributed by atoms with Crippen LogP contribution in [-0.4, -0.2) is 37.1 Å². The van der Waals surface area contributed by atoms with Crippen molar-refractivity contribution in [3.63, 3.8) is 0 Å². The zero-order valence-corrected chi connectivity index (χ0v) is 14.6. The number of nitrogens with one attached hydrogen (secondary N) is 2. The van der Waals surface area contributed by atoms with Gasteiger partial charge < -0.3 is 14.2 Å². The van der Waals surface area contributed by atoms with Gasteiger partial charge in [-0.2, -0.15) is 0 Å². The first-order chi connectivity index (χ1) is 11.9. The second-order valence-corrected chi connectivity index (χ2v) is 5.29. The SMILES string of the molecule is CCC(=O)Oc1c(OC)cc(C=C2C(=O)NC(=S)NC2=O)cc1OC. The quantitative estimate of drug-likeness (QED) is 0.263. The summed E-state index contributed by atoms with van der Waals surface area (Å²) in [4.78, 5) is 35.4. The van der Waals surface area contributed by atoms with Crippen LogP contribution in [0.4, 0.5) is 0 Å². The molecule has 2 rings (SSSR count). The van der Waals surface area contributed by atoms with Crippen LogP contribution in [0.1, 0.15) is 18.9 Å². The van der Waals surface area contributed by atoms with Gasteiger partial charge in [0, 0.05) is 6.42 Å². The summed E-state index contributed by atoms with van der Waals surface area (Å²) in [6.07, 6.45) is 1.53. The van der Waals surface area contributed by atoms with Crippen LogP contribution in [-0.2, 0) is 14.4 Å². The number of carbonyl (C=O) groups excluding carboxylic acids is 3. The Morgan fingerprint density at radius 2 is 1.64 bits per heavy atom. The van der Waals surface area contributed by atoms with Crippen LogP contribution in [0.25, 0.3) is 6.08 Å². The maximum absolute atomic E-state index is 11.9. The molecule has 0 atom stereocenters. The van der Waals surface area contributed by atoms with Gasteiger partial charge in [-0.05, 0) is 36.0 Å². The number of esters is 1. The first kappa shape index (κ1) is 18.4. The number of thiocarbonyl (C=S) groups is 1. The van der Waals surface area contributed by atoms with Crippen LogP contribution < -0.4 is 24.8 Å². The van der Waals surface area contributed by atoms with Crippen molar-refractivity contribution in [2.75, 3.05) is 14.2 Å². The average Bonchev–Trinajstić information content (AvgIpc) is 2.58. The van der Waals surface area contributed by atoms with E-state index in [1.165, 1.54) is 32.4 Å². The third kappa shape index (κ3) is 4.13. The van der Waals surface area contributed by atoms with Crippen molar-refractivity contribution in [1.29, 1.82) is 0 Å². The Kier molecular flexibility index (Phi) is 5.71. The van der Waals surface area contributed by atoms with Crippen LogP contribution in [0.15, 0.2) is 17.7 Å². The van der Waals surface area contributed by atoms with E-state index in [1.54, 1.807) is 6.92 Å². The second-order valence-electron chi connectivity index (χ2n) is 4.88. The predicted molar refractivity (Wildman–Crippen MR) is 92.3 cm³/mol. The molecule has 132 valence electrons. The van der Waals surface area contributed by atoms with Crippen molar-refractivity contribution in [2.24, 2.45) is 0 Å². The van der Waals surface area contributed by atoms with Crippen LogP contribution >= 0.6 is 12.2 Å². The molecule has 9 heteroatoms. The van der Waals surface area contributed by atoms with E-state index in [0.717, 1.165) is 0 Å². The van der Waals surface area contributed by atoms with E-state index in [1.807, 2.05) is 0 Å². The highest BCUT2D eigenvalue weighted by molar-refractivity contribution is 7.80. The largest absolute Gasteiger partial charge is 0.493 e. The number of rotatable bonds is 5. The second kappa shape index (κ2) is 7.75. The summed E-state index contributed by atoms with van der Waals surface area (Å²) in [5.74, 6) is -1.12. The molecule has 0 aliphatic carbocycles. The fourth-order valence-corrected chi connectivity index (χ4v) is 2.23. The van der Waals surface area contributed by atoms with Crippen molar-refractivity contribution in [3.8, 4) is 17.2 Å². The molecule has 0 saturated carbocycles. The van der Waals surface area contributed by atoms with Crippen molar-refractivity contribution in [2.45, 2.75) is 13.3 Å². The van der Waals surface area contributed by atoms with Crippen LogP contribution in [0.3, 0.4) is 0 Å². The van der Waals surface area contributed by atoms with E-state index in [4.69, 9.17) is 26.4 Å². The summed E-state index contributed by atoms with van der Waals surface area (Å²) in [7, 11) is 2.79. The highest BCUT2D eigenvalue weighted by atomic mass is 32.1. The molecule has 8 nitrogen and oxygen atoms in total. The summed E-state index contributed by atoms with van der Waals surface area (Å²) in [5.41, 5.74) is 0.314. The standard InChI is InChI=1S/C16H16N2O6S/c1-4-12(19)24-13-10(22-2)6-8(7-11(13)23-3)5-9-14(20)17-16(25)18-15(9)21/h5-7H,4H2,1-3H3,(H2,17,18,20,21,25). The number of ether oxygens (including phenoxy) is 3. The van der Waals surface area contributed by atoms with E-state index in [0.29, 0.717) is 5.56 Å². The summed E-state index contributed by atoms with van der Waals surface area (Å²) in [5, 5.41) is 4.63. The zero-order valence-electron chi connectivity index (χ0n) is 13.8. The molecule has 1 aliphatic heterocycles. The molecule has 0 unspecified atom stereocenters. The first-order valence-corrected chi connectivity index (χ1v) is 7.65. The minimum Gasteiger partial charge on any atom is -0.493 e. The van der Waals surface area contributed by atoms with Crippen LogP contribution in [0, 0.1) is 0 Å². The molecule has 1 heterocycles. The van der Waals surface area contributed by atoms with Crippen molar-refractivity contribution in [3.05, 3.63) is 23.3 Å². The lowest BCUT2D eigenvalue weighted by atomic mass is 10.1. The molecular formula is C16H16N2O6S. The van der Waals surface area contributed by atoms with E-state index < -0.39 is 17.8 Å². The molecule has 1 saturated heterocycles. The molecule has 0 bridgehead atoms. The van der Waals surface area contributed by atoms with Gasteiger partial charge in [0.25, 0.3) is 11.8 Å². The average molecular weight is 364 g/mol. The monoisotopic (exact) mass is 364 g/mol. The molecular weight excluding hydrogens is 348 g/mol. The van der Waals surface area contributed by atoms with Gasteiger partial charge in [-0.1, -0.05) is 6.92 Å². The molecule has 1 aliphatic rings. The maximum Gasteiger partial charge on any atom is 0.311 e. The highest BCUT2D eigenvalue weighted by Gasteiger charge is 2.26. The van der Waals surface area contributed by atoms with Gasteiger partial charge in [0.1, 0.15) is 5.57 Å². The van der Waals surface area contributed by atoms with Crippen molar-refractivity contribution >= 4 is 41.2 Å². The van der Waals surface area contributed by atoms with Crippen LogP contribution in [0.5, 0.6) is 17.2 Å². The van der Waals surface area contributed by atoms with Gasteiger partial charge >= 0.3 is 5.97 Å². The number of hydrogen-bond donors (Lipinski definition) is 2. The van der Waals surface area contributed by atoms with Gasteiger partial charge in [0.05, 0.1) is 14.2 Å². The maximum atomic E-state index is 11.9. The Balaban J connectivity index is 2.47. The van der Waals surface area contributed by atoms with E-state index in [-0.39, 0.29) is 34.4 Å². The summed E-state index contributed by atoms with van der Waals surface area (Å²) in [6, 6.07) is 3.03. The normalized spacial score (nSPS) is 13.7. The Hall–Kier alpha value is -2.94. The summed E-state index contributed by atoms with van der Waals surface area (Å²) >= 11 is 4.75. The third-order valence-corrected chi connectivity index (χ3v) is 3.45. The van der Waals surface area contributed by atoms with Gasteiger partial charge in [-0.3, -0.25) is 25.0 Å². The topological polar surface area (TPSA) is 103 Å². The molecule has 2 amide bonds. The number of amides is 2. The highest BCUT2D eigenvalue weighted by Crippen LogP contribution is 2.39. The third-order valence-electron chi connectivity index (χ3n) is 3.24. The Bertz CT molecular complexity index is 740. The van der Waals surface area contributed by atoms with Gasteiger partial charge in [-0.15, -0.1) is 0 Å². The van der Waals surface area contributed by atoms with E-state index >= 15 is 0 Å². The number of methoxy groups -OCH3 is 2. The molecule has 1 aromatic rings. The smallest absolute Gasteiger partial charge is 0.311 e.